The lowest BCUT2D eigenvalue weighted by Crippen LogP contribution is -2.28. The van der Waals surface area contributed by atoms with Crippen LogP contribution in [-0.4, -0.2) is 30.3 Å². The van der Waals surface area contributed by atoms with Crippen molar-refractivity contribution >= 4 is 21.7 Å². The van der Waals surface area contributed by atoms with E-state index in [0.29, 0.717) is 6.54 Å². The number of benzene rings is 1. The minimum Gasteiger partial charge on any atom is -0.295 e. The van der Waals surface area contributed by atoms with Crippen molar-refractivity contribution in [2.24, 2.45) is 11.8 Å². The van der Waals surface area contributed by atoms with Gasteiger partial charge in [-0.3, -0.25) is 9.69 Å². The number of likely N-dealkylation sites (tertiary alicyclic amines) is 1. The molecule has 2 aliphatic rings. The van der Waals surface area contributed by atoms with Crippen LogP contribution in [0.4, 0.5) is 0 Å². The van der Waals surface area contributed by atoms with E-state index in [9.17, 15) is 4.79 Å². The second kappa shape index (κ2) is 5.14. The second-order valence-electron chi connectivity index (χ2n) is 5.58. The Balaban J connectivity index is 1.62. The van der Waals surface area contributed by atoms with Crippen LogP contribution in [0.25, 0.3) is 0 Å². The molecule has 2 unspecified atom stereocenters. The Morgan fingerprint density at radius 2 is 2.00 bits per heavy atom. The Hall–Kier alpha value is -0.670. The van der Waals surface area contributed by atoms with Gasteiger partial charge in [-0.25, -0.2) is 0 Å². The van der Waals surface area contributed by atoms with Gasteiger partial charge in [0.05, 0.1) is 6.54 Å². The number of carbonyl (C=O) groups excluding carboxylic acids is 1. The van der Waals surface area contributed by atoms with Gasteiger partial charge in [-0.15, -0.1) is 0 Å². The summed E-state index contributed by atoms with van der Waals surface area (Å²) in [7, 11) is 0. The first-order valence-electron chi connectivity index (χ1n) is 6.73. The molecule has 1 aromatic carbocycles. The van der Waals surface area contributed by atoms with Crippen molar-refractivity contribution in [2.45, 2.75) is 19.3 Å². The van der Waals surface area contributed by atoms with Gasteiger partial charge in [0.15, 0.2) is 5.78 Å². The van der Waals surface area contributed by atoms with Crippen LogP contribution < -0.4 is 0 Å². The van der Waals surface area contributed by atoms with Crippen LogP contribution in [0.2, 0.25) is 0 Å². The number of carbonyl (C=O) groups is 1. The highest BCUT2D eigenvalue weighted by atomic mass is 79.9. The molecule has 1 aliphatic heterocycles. The lowest BCUT2D eigenvalue weighted by Gasteiger charge is -2.15. The normalized spacial score (nSPS) is 27.4. The SMILES string of the molecule is O=C(CN1CC2CCCC2C1)c1cccc(Br)c1. The van der Waals surface area contributed by atoms with E-state index in [1.807, 2.05) is 24.3 Å². The number of rotatable bonds is 3. The Morgan fingerprint density at radius 1 is 1.28 bits per heavy atom. The lowest BCUT2D eigenvalue weighted by molar-refractivity contribution is 0.0941. The Morgan fingerprint density at radius 3 is 2.67 bits per heavy atom. The van der Waals surface area contributed by atoms with E-state index >= 15 is 0 Å². The molecule has 0 bridgehead atoms. The fourth-order valence-electron chi connectivity index (χ4n) is 3.42. The summed E-state index contributed by atoms with van der Waals surface area (Å²) in [5.41, 5.74) is 0.821. The van der Waals surface area contributed by atoms with E-state index in [0.717, 1.165) is 35.0 Å². The van der Waals surface area contributed by atoms with E-state index in [1.54, 1.807) is 0 Å². The van der Waals surface area contributed by atoms with Crippen molar-refractivity contribution in [3.05, 3.63) is 34.3 Å². The largest absolute Gasteiger partial charge is 0.295 e. The molecular weight excluding hydrogens is 290 g/mol. The summed E-state index contributed by atoms with van der Waals surface area (Å²) in [4.78, 5) is 14.6. The number of fused-ring (bicyclic) bond motifs is 1. The molecular formula is C15H18BrNO. The van der Waals surface area contributed by atoms with Crippen LogP contribution in [-0.2, 0) is 0 Å². The molecule has 0 amide bonds. The summed E-state index contributed by atoms with van der Waals surface area (Å²) in [6, 6.07) is 7.70. The van der Waals surface area contributed by atoms with Gasteiger partial charge in [-0.1, -0.05) is 34.5 Å². The van der Waals surface area contributed by atoms with Crippen molar-refractivity contribution in [1.82, 2.24) is 4.90 Å². The number of nitrogens with zero attached hydrogens (tertiary/aromatic N) is 1. The second-order valence-corrected chi connectivity index (χ2v) is 6.49. The average molecular weight is 308 g/mol. The predicted molar refractivity (Wildman–Crippen MR) is 75.7 cm³/mol. The number of ketones is 1. The van der Waals surface area contributed by atoms with Gasteiger partial charge in [0.1, 0.15) is 0 Å². The Kier molecular flexibility index (Phi) is 3.53. The first-order chi connectivity index (χ1) is 8.72. The molecule has 3 rings (SSSR count). The van der Waals surface area contributed by atoms with Gasteiger partial charge in [0.25, 0.3) is 0 Å². The highest BCUT2D eigenvalue weighted by molar-refractivity contribution is 9.10. The summed E-state index contributed by atoms with van der Waals surface area (Å²) < 4.78 is 0.978. The molecule has 0 radical (unpaired) electrons. The summed E-state index contributed by atoms with van der Waals surface area (Å²) >= 11 is 3.42. The maximum Gasteiger partial charge on any atom is 0.176 e. The maximum atomic E-state index is 12.2. The third-order valence-corrected chi connectivity index (χ3v) is 4.81. The molecule has 1 aliphatic carbocycles. The van der Waals surface area contributed by atoms with E-state index in [2.05, 4.69) is 20.8 Å². The predicted octanol–water partition coefficient (Wildman–Crippen LogP) is 3.36. The van der Waals surface area contributed by atoms with E-state index in [4.69, 9.17) is 0 Å². The minimum absolute atomic E-state index is 0.247. The third kappa shape index (κ3) is 2.52. The fraction of sp³-hybridized carbons (Fsp3) is 0.533. The first kappa shape index (κ1) is 12.4. The molecule has 0 spiro atoms. The van der Waals surface area contributed by atoms with Crippen LogP contribution in [0.15, 0.2) is 28.7 Å². The zero-order chi connectivity index (χ0) is 12.5. The lowest BCUT2D eigenvalue weighted by atomic mass is 10.0. The van der Waals surface area contributed by atoms with Crippen molar-refractivity contribution < 1.29 is 4.79 Å². The van der Waals surface area contributed by atoms with Crippen LogP contribution in [0, 0.1) is 11.8 Å². The summed E-state index contributed by atoms with van der Waals surface area (Å²) in [5, 5.41) is 0. The highest BCUT2D eigenvalue weighted by Crippen LogP contribution is 2.37. The van der Waals surface area contributed by atoms with E-state index < -0.39 is 0 Å². The molecule has 0 aromatic heterocycles. The minimum atomic E-state index is 0.247. The molecule has 1 saturated carbocycles. The molecule has 3 heteroatoms. The fourth-order valence-corrected chi connectivity index (χ4v) is 3.82. The van der Waals surface area contributed by atoms with Crippen molar-refractivity contribution in [2.75, 3.05) is 19.6 Å². The molecule has 1 saturated heterocycles. The average Bonchev–Trinajstić information content (AvgIpc) is 2.89. The molecule has 1 heterocycles. The smallest absolute Gasteiger partial charge is 0.176 e. The third-order valence-electron chi connectivity index (χ3n) is 4.32. The van der Waals surface area contributed by atoms with Gasteiger partial charge in [-0.05, 0) is 36.8 Å². The monoisotopic (exact) mass is 307 g/mol. The van der Waals surface area contributed by atoms with Gasteiger partial charge < -0.3 is 0 Å². The standard InChI is InChI=1S/C15H18BrNO/c16-14-6-2-3-11(7-14)15(18)10-17-8-12-4-1-5-13(12)9-17/h2-3,6-7,12-13H,1,4-5,8-10H2. The number of hydrogen-bond acceptors (Lipinski definition) is 2. The highest BCUT2D eigenvalue weighted by Gasteiger charge is 2.36. The van der Waals surface area contributed by atoms with E-state index in [1.165, 1.54) is 19.3 Å². The van der Waals surface area contributed by atoms with Gasteiger partial charge in [-0.2, -0.15) is 0 Å². The molecule has 2 fully saturated rings. The number of Topliss-reactive ketones (excluding diaryl/α,β-unsaturated/α-hetero) is 1. The van der Waals surface area contributed by atoms with Crippen LogP contribution >= 0.6 is 15.9 Å². The van der Waals surface area contributed by atoms with Gasteiger partial charge in [0.2, 0.25) is 0 Å². The van der Waals surface area contributed by atoms with Gasteiger partial charge in [0, 0.05) is 23.1 Å². The summed E-state index contributed by atoms with van der Waals surface area (Å²) in [5.74, 6) is 1.97. The Bertz CT molecular complexity index is 448. The summed E-state index contributed by atoms with van der Waals surface area (Å²) in [6.07, 6.45) is 4.13. The molecule has 18 heavy (non-hydrogen) atoms. The van der Waals surface area contributed by atoms with Crippen molar-refractivity contribution in [3.8, 4) is 0 Å². The zero-order valence-electron chi connectivity index (χ0n) is 10.4. The molecule has 0 N–H and O–H groups in total. The van der Waals surface area contributed by atoms with Crippen LogP contribution in [0.1, 0.15) is 29.6 Å². The van der Waals surface area contributed by atoms with Gasteiger partial charge >= 0.3 is 0 Å². The van der Waals surface area contributed by atoms with Crippen LogP contribution in [0.5, 0.6) is 0 Å². The molecule has 1 aromatic rings. The first-order valence-corrected chi connectivity index (χ1v) is 7.53. The van der Waals surface area contributed by atoms with Crippen molar-refractivity contribution in [3.63, 3.8) is 0 Å². The summed E-state index contributed by atoms with van der Waals surface area (Å²) in [6.45, 7) is 2.85. The Labute approximate surface area is 116 Å². The number of hydrogen-bond donors (Lipinski definition) is 0. The van der Waals surface area contributed by atoms with E-state index in [-0.39, 0.29) is 5.78 Å². The van der Waals surface area contributed by atoms with Crippen LogP contribution in [0.3, 0.4) is 0 Å². The maximum absolute atomic E-state index is 12.2. The quantitative estimate of drug-likeness (QED) is 0.798. The molecule has 2 atom stereocenters. The molecule has 96 valence electrons. The molecule has 2 nitrogen and oxygen atoms in total. The van der Waals surface area contributed by atoms with Crippen molar-refractivity contribution in [1.29, 1.82) is 0 Å². The zero-order valence-corrected chi connectivity index (χ0v) is 12.0. The number of halogens is 1. The topological polar surface area (TPSA) is 20.3 Å².